The number of hydrogen-bond acceptors (Lipinski definition) is 7. The van der Waals surface area contributed by atoms with E-state index in [1.807, 2.05) is 20.9 Å². The van der Waals surface area contributed by atoms with E-state index in [1.54, 1.807) is 36.1 Å². The van der Waals surface area contributed by atoms with Gasteiger partial charge < -0.3 is 35.8 Å². The number of hydrogen-bond donors (Lipinski definition) is 4. The number of rotatable bonds is 2. The summed E-state index contributed by atoms with van der Waals surface area (Å²) in [6.45, 7) is 11.0. The third-order valence-electron chi connectivity index (χ3n) is 7.29. The van der Waals surface area contributed by atoms with E-state index in [9.17, 15) is 24.0 Å². The van der Waals surface area contributed by atoms with Crippen molar-refractivity contribution in [2.24, 2.45) is 5.92 Å². The molecule has 12 nitrogen and oxygen atoms in total. The van der Waals surface area contributed by atoms with E-state index in [0.29, 0.717) is 19.6 Å². The van der Waals surface area contributed by atoms with Crippen molar-refractivity contribution in [3.63, 3.8) is 0 Å². The predicted octanol–water partition coefficient (Wildman–Crippen LogP) is 0.272. The van der Waals surface area contributed by atoms with Crippen LogP contribution in [0.5, 0.6) is 5.75 Å². The summed E-state index contributed by atoms with van der Waals surface area (Å²) in [7, 11) is 1.98. The molecule has 3 atom stereocenters. The van der Waals surface area contributed by atoms with Gasteiger partial charge in [-0.05, 0) is 58.8 Å². The van der Waals surface area contributed by atoms with Crippen molar-refractivity contribution in [3.8, 4) is 5.75 Å². The number of amides is 5. The Morgan fingerprint density at radius 1 is 1.00 bits per heavy atom. The van der Waals surface area contributed by atoms with Crippen LogP contribution in [0.1, 0.15) is 57.8 Å². The largest absolute Gasteiger partial charge is 0.491 e. The molecule has 0 aliphatic carbocycles. The number of fused-ring (bicyclic) bond motifs is 1. The number of carbonyl (C=O) groups is 5. The third-order valence-corrected chi connectivity index (χ3v) is 7.29. The second-order valence-electron chi connectivity index (χ2n) is 11.8. The Hall–Kier alpha value is -3.67. The van der Waals surface area contributed by atoms with Gasteiger partial charge >= 0.3 is 0 Å². The Morgan fingerprint density at radius 3 is 2.41 bits per heavy atom. The molecule has 2 heterocycles. The van der Waals surface area contributed by atoms with Gasteiger partial charge in [-0.1, -0.05) is 26.0 Å². The standard InChI is InChI=1S/C29H44N6O6/c1-18(2)24-26(38)30-19(3)17-41-22-11-8-7-10-20(22)25(37)31-21(16-23(36)33-29(4,5)28(40)32-24)27(39)35-13-9-12-34(6)14-15-35/h7-8,10-11,18-19,21,24H,9,12-17H2,1-6H3,(H,30,38)(H,31,37)(H,32,40)(H,33,36)/t19-,21-,24+/m0/s1. The molecular formula is C29H44N6O6. The molecule has 41 heavy (non-hydrogen) atoms. The first kappa shape index (κ1) is 31.9. The van der Waals surface area contributed by atoms with Crippen LogP contribution in [0.25, 0.3) is 0 Å². The minimum absolute atomic E-state index is 0.0595. The highest BCUT2D eigenvalue weighted by Gasteiger charge is 2.36. The van der Waals surface area contributed by atoms with Crippen LogP contribution in [0.3, 0.4) is 0 Å². The highest BCUT2D eigenvalue weighted by molar-refractivity contribution is 6.01. The van der Waals surface area contributed by atoms with Crippen molar-refractivity contribution in [1.29, 1.82) is 0 Å². The normalized spacial score (nSPS) is 25.4. The van der Waals surface area contributed by atoms with E-state index in [0.717, 1.165) is 13.0 Å². The number of carbonyl (C=O) groups excluding carboxylic acids is 5. The van der Waals surface area contributed by atoms with Crippen LogP contribution in [0.2, 0.25) is 0 Å². The molecular weight excluding hydrogens is 528 g/mol. The van der Waals surface area contributed by atoms with Gasteiger partial charge in [0.1, 0.15) is 30.0 Å². The van der Waals surface area contributed by atoms with Crippen LogP contribution in [0.4, 0.5) is 0 Å². The van der Waals surface area contributed by atoms with Crippen molar-refractivity contribution in [2.75, 3.05) is 39.8 Å². The predicted molar refractivity (Wildman–Crippen MR) is 153 cm³/mol. The lowest BCUT2D eigenvalue weighted by molar-refractivity contribution is -0.138. The van der Waals surface area contributed by atoms with E-state index in [-0.39, 0.29) is 36.2 Å². The Labute approximate surface area is 241 Å². The van der Waals surface area contributed by atoms with E-state index in [1.165, 1.54) is 13.8 Å². The number of nitrogens with one attached hydrogen (secondary N) is 4. The zero-order chi connectivity index (χ0) is 30.3. The number of para-hydroxylation sites is 1. The fraction of sp³-hybridized carbons (Fsp3) is 0.621. The smallest absolute Gasteiger partial charge is 0.255 e. The average Bonchev–Trinajstić information content (AvgIpc) is 3.12. The summed E-state index contributed by atoms with van der Waals surface area (Å²) < 4.78 is 5.91. The summed E-state index contributed by atoms with van der Waals surface area (Å²) in [6.07, 6.45) is 0.392. The zero-order valence-electron chi connectivity index (χ0n) is 24.9. The average molecular weight is 573 g/mol. The summed E-state index contributed by atoms with van der Waals surface area (Å²) in [6, 6.07) is 4.12. The van der Waals surface area contributed by atoms with Gasteiger partial charge in [0.2, 0.25) is 23.6 Å². The van der Waals surface area contributed by atoms with Crippen molar-refractivity contribution >= 4 is 29.5 Å². The minimum atomic E-state index is -1.40. The monoisotopic (exact) mass is 572 g/mol. The molecule has 0 unspecified atom stereocenters. The molecule has 0 spiro atoms. The van der Waals surface area contributed by atoms with E-state index >= 15 is 0 Å². The maximum Gasteiger partial charge on any atom is 0.255 e. The van der Waals surface area contributed by atoms with Gasteiger partial charge in [-0.15, -0.1) is 0 Å². The Balaban J connectivity index is 1.96. The number of benzene rings is 1. The molecule has 1 aromatic rings. The molecule has 1 aromatic carbocycles. The van der Waals surface area contributed by atoms with Crippen LogP contribution < -0.4 is 26.0 Å². The fourth-order valence-electron chi connectivity index (χ4n) is 4.79. The molecule has 0 saturated carbocycles. The van der Waals surface area contributed by atoms with Crippen LogP contribution >= 0.6 is 0 Å². The molecule has 0 aromatic heterocycles. The first-order valence-electron chi connectivity index (χ1n) is 14.2. The van der Waals surface area contributed by atoms with Crippen LogP contribution in [0.15, 0.2) is 24.3 Å². The highest BCUT2D eigenvalue weighted by atomic mass is 16.5. The number of likely N-dealkylation sites (N-methyl/N-ethyl adjacent to an activating group) is 1. The molecule has 5 amide bonds. The molecule has 2 aliphatic rings. The van der Waals surface area contributed by atoms with Gasteiger partial charge in [-0.2, -0.15) is 0 Å². The summed E-state index contributed by atoms with van der Waals surface area (Å²) in [5, 5.41) is 11.0. The van der Waals surface area contributed by atoms with Gasteiger partial charge in [0.15, 0.2) is 0 Å². The maximum atomic E-state index is 13.7. The maximum absolute atomic E-state index is 13.7. The van der Waals surface area contributed by atoms with Crippen molar-refractivity contribution in [2.45, 2.75) is 71.1 Å². The van der Waals surface area contributed by atoms with Crippen molar-refractivity contribution in [1.82, 2.24) is 31.1 Å². The summed E-state index contributed by atoms with van der Waals surface area (Å²) >= 11 is 0. The second kappa shape index (κ2) is 13.8. The van der Waals surface area contributed by atoms with Crippen LogP contribution in [0, 0.1) is 5.92 Å². The first-order chi connectivity index (χ1) is 19.3. The summed E-state index contributed by atoms with van der Waals surface area (Å²) in [5.74, 6) is -2.44. The summed E-state index contributed by atoms with van der Waals surface area (Å²) in [4.78, 5) is 70.5. The molecule has 0 radical (unpaired) electrons. The molecule has 3 rings (SSSR count). The van der Waals surface area contributed by atoms with E-state index < -0.39 is 47.3 Å². The first-order valence-corrected chi connectivity index (χ1v) is 14.2. The molecule has 0 bridgehead atoms. The highest BCUT2D eigenvalue weighted by Crippen LogP contribution is 2.19. The third kappa shape index (κ3) is 8.66. The molecule has 1 fully saturated rings. The van der Waals surface area contributed by atoms with Gasteiger partial charge in [-0.25, -0.2) is 0 Å². The molecule has 226 valence electrons. The van der Waals surface area contributed by atoms with Crippen LogP contribution in [-0.4, -0.2) is 103 Å². The van der Waals surface area contributed by atoms with E-state index in [4.69, 9.17) is 4.74 Å². The summed E-state index contributed by atoms with van der Waals surface area (Å²) in [5.41, 5.74) is -1.20. The topological polar surface area (TPSA) is 149 Å². The van der Waals surface area contributed by atoms with Gasteiger partial charge in [0.25, 0.3) is 5.91 Å². The Morgan fingerprint density at radius 2 is 1.71 bits per heavy atom. The number of ether oxygens (including phenoxy) is 1. The molecule has 4 N–H and O–H groups in total. The lowest BCUT2D eigenvalue weighted by atomic mass is 9.98. The quantitative estimate of drug-likeness (QED) is 0.398. The zero-order valence-corrected chi connectivity index (χ0v) is 24.9. The van der Waals surface area contributed by atoms with E-state index in [2.05, 4.69) is 26.2 Å². The van der Waals surface area contributed by atoms with Crippen molar-refractivity contribution < 1.29 is 28.7 Å². The van der Waals surface area contributed by atoms with Crippen molar-refractivity contribution in [3.05, 3.63) is 29.8 Å². The van der Waals surface area contributed by atoms with Gasteiger partial charge in [-0.3, -0.25) is 24.0 Å². The Kier molecular flexibility index (Phi) is 10.7. The lowest BCUT2D eigenvalue weighted by Gasteiger charge is -2.31. The van der Waals surface area contributed by atoms with Gasteiger partial charge in [0.05, 0.1) is 18.0 Å². The fourth-order valence-corrected chi connectivity index (χ4v) is 4.79. The molecule has 2 aliphatic heterocycles. The Bertz CT molecular complexity index is 1140. The SMILES string of the molecule is CC(C)[C@H]1NC(=O)C(C)(C)NC(=O)C[C@@H](C(=O)N2CCCN(C)CC2)NC(=O)c2ccccc2OC[C@H](C)NC1=O. The minimum Gasteiger partial charge on any atom is -0.491 e. The van der Waals surface area contributed by atoms with Gasteiger partial charge in [0, 0.05) is 19.6 Å². The molecule has 12 heteroatoms. The molecule has 1 saturated heterocycles. The second-order valence-corrected chi connectivity index (χ2v) is 11.8. The number of nitrogens with zero attached hydrogens (tertiary/aromatic N) is 2. The van der Waals surface area contributed by atoms with Crippen LogP contribution in [-0.2, 0) is 19.2 Å². The lowest BCUT2D eigenvalue weighted by Crippen LogP contribution is -2.61.